The number of aliphatic carboxylic acids is 1. The monoisotopic (exact) mass is 332 g/mol. The normalized spacial score (nSPS) is 18.7. The number of hydrogen-bond acceptors (Lipinski definition) is 3. The fourth-order valence-electron chi connectivity index (χ4n) is 3.08. The topological polar surface area (TPSA) is 52.6 Å². The molecule has 0 spiro atoms. The maximum atomic E-state index is 13.3. The highest BCUT2D eigenvalue weighted by atomic mass is 19.1. The van der Waals surface area contributed by atoms with Crippen LogP contribution in [0.1, 0.15) is 17.2 Å². The van der Waals surface area contributed by atoms with Crippen molar-refractivity contribution in [3.8, 4) is 0 Å². The van der Waals surface area contributed by atoms with Crippen LogP contribution in [0, 0.1) is 11.6 Å². The molecule has 4 nitrogen and oxygen atoms in total. The SMILES string of the molecule is O=C(O)C1CN(C(c2ccc(F)cc2)c2ccc(F)cc2)CCN1. The van der Waals surface area contributed by atoms with Crippen molar-refractivity contribution in [2.24, 2.45) is 0 Å². The summed E-state index contributed by atoms with van der Waals surface area (Å²) in [4.78, 5) is 13.3. The van der Waals surface area contributed by atoms with Gasteiger partial charge in [-0.15, -0.1) is 0 Å². The molecule has 1 fully saturated rings. The van der Waals surface area contributed by atoms with E-state index >= 15 is 0 Å². The van der Waals surface area contributed by atoms with Crippen molar-refractivity contribution in [2.75, 3.05) is 19.6 Å². The molecule has 0 amide bonds. The molecule has 0 radical (unpaired) electrons. The molecule has 1 aliphatic heterocycles. The van der Waals surface area contributed by atoms with E-state index in [0.29, 0.717) is 19.6 Å². The van der Waals surface area contributed by atoms with Crippen molar-refractivity contribution in [3.63, 3.8) is 0 Å². The molecule has 3 rings (SSSR count). The molecular weight excluding hydrogens is 314 g/mol. The number of carboxylic acid groups (broad SMARTS) is 1. The number of halogens is 2. The molecule has 2 N–H and O–H groups in total. The van der Waals surface area contributed by atoms with E-state index in [9.17, 15) is 18.7 Å². The number of carboxylic acids is 1. The minimum atomic E-state index is -0.906. The first kappa shape index (κ1) is 16.5. The van der Waals surface area contributed by atoms with Crippen molar-refractivity contribution >= 4 is 5.97 Å². The highest BCUT2D eigenvalue weighted by molar-refractivity contribution is 5.73. The summed E-state index contributed by atoms with van der Waals surface area (Å²) in [5, 5.41) is 12.2. The van der Waals surface area contributed by atoms with Crippen LogP contribution in [0.4, 0.5) is 8.78 Å². The van der Waals surface area contributed by atoms with Gasteiger partial charge in [-0.05, 0) is 35.4 Å². The maximum absolute atomic E-state index is 13.3. The Bertz CT molecular complexity index is 658. The molecular formula is C18H18F2N2O2. The minimum Gasteiger partial charge on any atom is -0.480 e. The Morgan fingerprint density at radius 2 is 1.54 bits per heavy atom. The lowest BCUT2D eigenvalue weighted by Gasteiger charge is -2.38. The van der Waals surface area contributed by atoms with Crippen LogP contribution in [0.5, 0.6) is 0 Å². The predicted molar refractivity (Wildman–Crippen MR) is 85.6 cm³/mol. The first-order valence-corrected chi connectivity index (χ1v) is 7.76. The van der Waals surface area contributed by atoms with Crippen LogP contribution >= 0.6 is 0 Å². The van der Waals surface area contributed by atoms with Crippen LogP contribution in [0.2, 0.25) is 0 Å². The smallest absolute Gasteiger partial charge is 0.322 e. The van der Waals surface area contributed by atoms with Crippen LogP contribution < -0.4 is 5.32 Å². The molecule has 0 aliphatic carbocycles. The van der Waals surface area contributed by atoms with E-state index in [2.05, 4.69) is 5.32 Å². The van der Waals surface area contributed by atoms with Gasteiger partial charge >= 0.3 is 5.97 Å². The predicted octanol–water partition coefficient (Wildman–Crippen LogP) is 2.41. The summed E-state index contributed by atoms with van der Waals surface area (Å²) in [6, 6.07) is 11.3. The molecule has 1 aliphatic rings. The lowest BCUT2D eigenvalue weighted by Crippen LogP contribution is -2.55. The summed E-state index contributed by atoms with van der Waals surface area (Å²) in [6.07, 6.45) is 0. The highest BCUT2D eigenvalue weighted by Gasteiger charge is 2.31. The molecule has 6 heteroatoms. The average Bonchev–Trinajstić information content (AvgIpc) is 2.59. The number of carbonyl (C=O) groups is 1. The Hall–Kier alpha value is -2.31. The van der Waals surface area contributed by atoms with Gasteiger partial charge in [-0.3, -0.25) is 9.69 Å². The number of rotatable bonds is 4. The van der Waals surface area contributed by atoms with Gasteiger partial charge in [0, 0.05) is 19.6 Å². The number of nitrogens with zero attached hydrogens (tertiary/aromatic N) is 1. The largest absolute Gasteiger partial charge is 0.480 e. The highest BCUT2D eigenvalue weighted by Crippen LogP contribution is 2.30. The number of benzene rings is 2. The maximum Gasteiger partial charge on any atom is 0.322 e. The Morgan fingerprint density at radius 3 is 2.00 bits per heavy atom. The molecule has 0 bridgehead atoms. The molecule has 2 aromatic rings. The minimum absolute atomic E-state index is 0.254. The molecule has 126 valence electrons. The number of nitrogens with one attached hydrogen (secondary N) is 1. The van der Waals surface area contributed by atoms with Gasteiger partial charge in [0.05, 0.1) is 6.04 Å². The zero-order chi connectivity index (χ0) is 17.1. The van der Waals surface area contributed by atoms with Gasteiger partial charge in [-0.25, -0.2) is 8.78 Å². The summed E-state index contributed by atoms with van der Waals surface area (Å²) < 4.78 is 26.5. The van der Waals surface area contributed by atoms with Gasteiger partial charge in [0.25, 0.3) is 0 Å². The fourth-order valence-corrected chi connectivity index (χ4v) is 3.08. The van der Waals surface area contributed by atoms with Gasteiger partial charge in [0.2, 0.25) is 0 Å². The van der Waals surface area contributed by atoms with Gasteiger partial charge < -0.3 is 10.4 Å². The number of hydrogen-bond donors (Lipinski definition) is 2. The third-order valence-corrected chi connectivity index (χ3v) is 4.24. The van der Waals surface area contributed by atoms with E-state index in [-0.39, 0.29) is 17.7 Å². The summed E-state index contributed by atoms with van der Waals surface area (Å²) in [7, 11) is 0. The summed E-state index contributed by atoms with van der Waals surface area (Å²) in [6.45, 7) is 1.49. The molecule has 1 unspecified atom stereocenters. The second kappa shape index (κ2) is 7.07. The van der Waals surface area contributed by atoms with E-state index in [1.807, 2.05) is 4.90 Å². The van der Waals surface area contributed by atoms with Gasteiger partial charge in [0.1, 0.15) is 17.7 Å². The standard InChI is InChI=1S/C18H18F2N2O2/c19-14-5-1-12(2-6-14)17(13-3-7-15(20)8-4-13)22-10-9-21-16(11-22)18(23)24/h1-8,16-17,21H,9-11H2,(H,23,24). The summed E-state index contributed by atoms with van der Waals surface area (Å²) >= 11 is 0. The quantitative estimate of drug-likeness (QED) is 0.903. The van der Waals surface area contributed by atoms with Gasteiger partial charge in [0.15, 0.2) is 0 Å². The molecule has 2 aromatic carbocycles. The van der Waals surface area contributed by atoms with Gasteiger partial charge in [-0.1, -0.05) is 24.3 Å². The van der Waals surface area contributed by atoms with Crippen molar-refractivity contribution in [1.82, 2.24) is 10.2 Å². The summed E-state index contributed by atoms with van der Waals surface area (Å²) in [5.74, 6) is -1.57. The van der Waals surface area contributed by atoms with Crippen LogP contribution in [0.25, 0.3) is 0 Å². The van der Waals surface area contributed by atoms with Crippen LogP contribution in [0.3, 0.4) is 0 Å². The zero-order valence-electron chi connectivity index (χ0n) is 13.0. The van der Waals surface area contributed by atoms with Crippen molar-refractivity contribution < 1.29 is 18.7 Å². The third kappa shape index (κ3) is 3.60. The Balaban J connectivity index is 1.96. The van der Waals surface area contributed by atoms with E-state index in [4.69, 9.17) is 0 Å². The van der Waals surface area contributed by atoms with E-state index in [1.165, 1.54) is 24.3 Å². The van der Waals surface area contributed by atoms with Crippen LogP contribution in [-0.2, 0) is 4.79 Å². The number of piperazine rings is 1. The van der Waals surface area contributed by atoms with E-state index < -0.39 is 12.0 Å². The Kier molecular flexibility index (Phi) is 4.87. The summed E-state index contributed by atoms with van der Waals surface area (Å²) in [5.41, 5.74) is 1.68. The van der Waals surface area contributed by atoms with Crippen molar-refractivity contribution in [2.45, 2.75) is 12.1 Å². The molecule has 24 heavy (non-hydrogen) atoms. The first-order chi connectivity index (χ1) is 11.5. The Morgan fingerprint density at radius 1 is 1.04 bits per heavy atom. The molecule has 0 saturated carbocycles. The zero-order valence-corrected chi connectivity index (χ0v) is 13.0. The lowest BCUT2D eigenvalue weighted by atomic mass is 9.95. The fraction of sp³-hybridized carbons (Fsp3) is 0.278. The second-order valence-corrected chi connectivity index (χ2v) is 5.85. The van der Waals surface area contributed by atoms with E-state index in [1.54, 1.807) is 24.3 Å². The average molecular weight is 332 g/mol. The molecule has 1 heterocycles. The van der Waals surface area contributed by atoms with Crippen molar-refractivity contribution in [3.05, 3.63) is 71.3 Å². The lowest BCUT2D eigenvalue weighted by molar-refractivity contribution is -0.140. The van der Waals surface area contributed by atoms with Crippen LogP contribution in [0.15, 0.2) is 48.5 Å². The first-order valence-electron chi connectivity index (χ1n) is 7.76. The second-order valence-electron chi connectivity index (χ2n) is 5.85. The van der Waals surface area contributed by atoms with E-state index in [0.717, 1.165) is 11.1 Å². The Labute approximate surface area is 138 Å². The van der Waals surface area contributed by atoms with Gasteiger partial charge in [-0.2, -0.15) is 0 Å². The third-order valence-electron chi connectivity index (χ3n) is 4.24. The van der Waals surface area contributed by atoms with Crippen molar-refractivity contribution in [1.29, 1.82) is 0 Å². The van der Waals surface area contributed by atoms with Crippen LogP contribution in [-0.4, -0.2) is 41.7 Å². The molecule has 1 saturated heterocycles. The molecule has 0 aromatic heterocycles. The molecule has 1 atom stereocenters.